The number of aromatic carboxylic acids is 1. The number of carboxylic acid groups (broad SMARTS) is 1. The highest BCUT2D eigenvalue weighted by Gasteiger charge is 2.33. The average Bonchev–Trinajstić information content (AvgIpc) is 3.59. The van der Waals surface area contributed by atoms with Gasteiger partial charge in [-0.3, -0.25) is 19.8 Å². The second kappa shape index (κ2) is 14.0. The second-order valence-corrected chi connectivity index (χ2v) is 13.2. The lowest BCUT2D eigenvalue weighted by Crippen LogP contribution is -2.31. The predicted octanol–water partition coefficient (Wildman–Crippen LogP) is 8.73. The molecule has 0 bridgehead atoms. The molecule has 4 aromatic carbocycles. The number of amides is 1. The molecule has 0 unspecified atom stereocenters. The van der Waals surface area contributed by atoms with Gasteiger partial charge in [0, 0.05) is 35.8 Å². The number of nitro benzene ring substituents is 1. The van der Waals surface area contributed by atoms with E-state index in [-0.39, 0.29) is 23.8 Å². The first-order valence-electron chi connectivity index (χ1n) is 14.2. The summed E-state index contributed by atoms with van der Waals surface area (Å²) in [5, 5.41) is 21.8. The van der Waals surface area contributed by atoms with E-state index in [4.69, 9.17) is 14.8 Å². The average molecular weight is 776 g/mol. The minimum absolute atomic E-state index is 0.0412. The van der Waals surface area contributed by atoms with E-state index in [2.05, 4.69) is 36.8 Å². The number of para-hydroxylation sites is 1. The number of hydrogen-bond acceptors (Lipinski definition) is 7. The zero-order valence-electron chi connectivity index (χ0n) is 24.4. The lowest BCUT2D eigenvalue weighted by atomic mass is 10.1. The highest BCUT2D eigenvalue weighted by atomic mass is 79.9. The maximum atomic E-state index is 13.8. The molecule has 0 spiro atoms. The van der Waals surface area contributed by atoms with Gasteiger partial charge in [0.25, 0.3) is 11.6 Å². The minimum Gasteiger partial charge on any atom is -0.487 e. The third kappa shape index (κ3) is 7.32. The lowest BCUT2D eigenvalue weighted by Gasteiger charge is -2.15. The fourth-order valence-electron chi connectivity index (χ4n) is 4.97. The number of nitrogens with zero attached hydrogens (tertiary/aromatic N) is 3. The van der Waals surface area contributed by atoms with Gasteiger partial charge in [0.05, 0.1) is 30.0 Å². The summed E-state index contributed by atoms with van der Waals surface area (Å²) >= 11 is 8.39. The second-order valence-electron chi connectivity index (χ2n) is 10.4. The fraction of sp³-hybridized carbons (Fsp3) is 0.0882. The molecule has 1 aliphatic heterocycles. The number of nitro groups is 1. The van der Waals surface area contributed by atoms with Gasteiger partial charge in [-0.25, -0.2) is 9.79 Å². The summed E-state index contributed by atoms with van der Waals surface area (Å²) in [6, 6.07) is 24.0. The van der Waals surface area contributed by atoms with Crippen LogP contribution >= 0.6 is 43.6 Å². The summed E-state index contributed by atoms with van der Waals surface area (Å²) in [5.41, 5.74) is 4.29. The van der Waals surface area contributed by atoms with Crippen LogP contribution in [0, 0.1) is 10.1 Å². The van der Waals surface area contributed by atoms with Gasteiger partial charge in [-0.1, -0.05) is 30.3 Å². The zero-order chi connectivity index (χ0) is 33.1. The Balaban J connectivity index is 1.25. The molecule has 13 heteroatoms. The summed E-state index contributed by atoms with van der Waals surface area (Å²) in [7, 11) is 0. The van der Waals surface area contributed by atoms with Crippen molar-refractivity contribution in [2.75, 3.05) is 6.54 Å². The largest absolute Gasteiger partial charge is 0.487 e. The van der Waals surface area contributed by atoms with Crippen LogP contribution < -0.4 is 4.74 Å². The fourth-order valence-corrected chi connectivity index (χ4v) is 7.45. The molecule has 0 atom stereocenters. The van der Waals surface area contributed by atoms with Gasteiger partial charge < -0.3 is 14.8 Å². The van der Waals surface area contributed by atoms with Crippen molar-refractivity contribution < 1.29 is 24.4 Å². The van der Waals surface area contributed by atoms with E-state index >= 15 is 0 Å². The maximum Gasteiger partial charge on any atom is 0.335 e. The van der Waals surface area contributed by atoms with Gasteiger partial charge in [0.1, 0.15) is 12.4 Å². The highest BCUT2D eigenvalue weighted by Crippen LogP contribution is 2.39. The number of carbonyl (C=O) groups excluding carboxylic acids is 1. The molecule has 2 heterocycles. The number of nitrogens with one attached hydrogen (secondary N) is 1. The molecule has 6 rings (SSSR count). The number of H-pyrrole nitrogens is 1. The summed E-state index contributed by atoms with van der Waals surface area (Å²) in [6.07, 6.45) is 4.32. The molecular formula is C34H24Br2N4O6S. The number of carbonyl (C=O) groups is 2. The van der Waals surface area contributed by atoms with Crippen molar-refractivity contribution in [3.8, 4) is 5.75 Å². The third-order valence-corrected chi connectivity index (χ3v) is 9.54. The van der Waals surface area contributed by atoms with Crippen LogP contribution in [0.2, 0.25) is 0 Å². The molecule has 5 aromatic rings. The van der Waals surface area contributed by atoms with Crippen molar-refractivity contribution in [2.24, 2.45) is 4.99 Å². The first-order chi connectivity index (χ1) is 22.7. The standard InChI is InChI=1S/C34H24Br2N4O6S/c35-27-15-21(16-28(36)31(27)46-19-20-5-7-22(8-6-20)33(42)43)17-30-32(41)39(14-13-23-18-37-29-4-2-1-3-26(23)29)34(47-30)38-24-9-11-25(12-10-24)40(44)45/h1-12,15-18,37H,13-14,19H2,(H,42,43)/b30-17-,38-34?. The molecule has 0 radical (unpaired) electrons. The number of rotatable bonds is 10. The van der Waals surface area contributed by atoms with E-state index < -0.39 is 10.9 Å². The number of ether oxygens (including phenoxy) is 1. The molecule has 236 valence electrons. The number of benzene rings is 4. The molecule has 1 aliphatic rings. The summed E-state index contributed by atoms with van der Waals surface area (Å²) in [5.74, 6) is -0.637. The van der Waals surface area contributed by atoms with E-state index in [9.17, 15) is 19.7 Å². The Morgan fingerprint density at radius 2 is 1.74 bits per heavy atom. The smallest absolute Gasteiger partial charge is 0.335 e. The Labute approximate surface area is 289 Å². The monoisotopic (exact) mass is 774 g/mol. The van der Waals surface area contributed by atoms with Crippen molar-refractivity contribution in [3.63, 3.8) is 0 Å². The van der Waals surface area contributed by atoms with Crippen LogP contribution in [0.4, 0.5) is 11.4 Å². The van der Waals surface area contributed by atoms with E-state index in [0.29, 0.717) is 43.4 Å². The van der Waals surface area contributed by atoms with Gasteiger partial charge in [-0.05, 0) is 115 Å². The molecular weight excluding hydrogens is 752 g/mol. The summed E-state index contributed by atoms with van der Waals surface area (Å²) < 4.78 is 7.33. The van der Waals surface area contributed by atoms with E-state index in [0.717, 1.165) is 27.6 Å². The normalized spacial score (nSPS) is 14.8. The van der Waals surface area contributed by atoms with Crippen molar-refractivity contribution in [2.45, 2.75) is 13.0 Å². The number of halogens is 2. The molecule has 2 N–H and O–H groups in total. The number of fused-ring (bicyclic) bond motifs is 1. The van der Waals surface area contributed by atoms with E-state index in [1.54, 1.807) is 35.2 Å². The van der Waals surface area contributed by atoms with Crippen LogP contribution in [-0.4, -0.2) is 43.5 Å². The molecule has 1 saturated heterocycles. The quantitative estimate of drug-likeness (QED) is 0.0822. The molecule has 0 saturated carbocycles. The number of non-ortho nitro benzene ring substituents is 1. The summed E-state index contributed by atoms with van der Waals surface area (Å²) in [4.78, 5) is 45.7. The van der Waals surface area contributed by atoms with Gasteiger partial charge in [-0.2, -0.15) is 0 Å². The Morgan fingerprint density at radius 3 is 2.43 bits per heavy atom. The van der Waals surface area contributed by atoms with Crippen LogP contribution in [0.5, 0.6) is 5.75 Å². The van der Waals surface area contributed by atoms with Crippen molar-refractivity contribution in [1.29, 1.82) is 0 Å². The highest BCUT2D eigenvalue weighted by molar-refractivity contribution is 9.11. The van der Waals surface area contributed by atoms with Gasteiger partial charge in [0.15, 0.2) is 5.17 Å². The first kappa shape index (κ1) is 32.2. The van der Waals surface area contributed by atoms with Crippen molar-refractivity contribution in [3.05, 3.63) is 137 Å². The Bertz CT molecular complexity index is 2050. The zero-order valence-corrected chi connectivity index (χ0v) is 28.3. The van der Waals surface area contributed by atoms with Crippen molar-refractivity contribution >= 4 is 89.0 Å². The van der Waals surface area contributed by atoms with E-state index in [1.165, 1.54) is 36.0 Å². The van der Waals surface area contributed by atoms with E-state index in [1.807, 2.05) is 42.6 Å². The van der Waals surface area contributed by atoms with Crippen molar-refractivity contribution in [1.82, 2.24) is 9.88 Å². The van der Waals surface area contributed by atoms with Crippen LogP contribution in [0.3, 0.4) is 0 Å². The van der Waals surface area contributed by atoms with Crippen LogP contribution in [0.1, 0.15) is 27.0 Å². The summed E-state index contributed by atoms with van der Waals surface area (Å²) in [6.45, 7) is 0.601. The predicted molar refractivity (Wildman–Crippen MR) is 189 cm³/mol. The molecule has 10 nitrogen and oxygen atoms in total. The van der Waals surface area contributed by atoms with Gasteiger partial charge >= 0.3 is 5.97 Å². The topological polar surface area (TPSA) is 138 Å². The number of hydrogen-bond donors (Lipinski definition) is 2. The molecule has 1 aromatic heterocycles. The number of aromatic amines is 1. The number of amidine groups is 1. The van der Waals surface area contributed by atoms with Crippen LogP contribution in [-0.2, 0) is 17.8 Å². The molecule has 1 amide bonds. The number of aromatic nitrogens is 1. The molecule has 47 heavy (non-hydrogen) atoms. The van der Waals surface area contributed by atoms with Gasteiger partial charge in [0.2, 0.25) is 0 Å². The maximum absolute atomic E-state index is 13.8. The minimum atomic E-state index is -0.992. The number of thioether (sulfide) groups is 1. The first-order valence-corrected chi connectivity index (χ1v) is 16.6. The lowest BCUT2D eigenvalue weighted by molar-refractivity contribution is -0.384. The third-order valence-electron chi connectivity index (χ3n) is 7.36. The van der Waals surface area contributed by atoms with Crippen LogP contribution in [0.15, 0.2) is 110 Å². The Kier molecular flexibility index (Phi) is 9.57. The number of carboxylic acids is 1. The van der Waals surface area contributed by atoms with Gasteiger partial charge in [-0.15, -0.1) is 0 Å². The number of aliphatic imine (C=N–C) groups is 1. The molecule has 0 aliphatic carbocycles. The van der Waals surface area contributed by atoms with Crippen LogP contribution in [0.25, 0.3) is 17.0 Å². The molecule has 1 fully saturated rings. The Hall–Kier alpha value is -4.72. The Morgan fingerprint density at radius 1 is 1.04 bits per heavy atom. The SMILES string of the molecule is O=C(O)c1ccc(COc2c(Br)cc(/C=C3\SC(=Nc4ccc([N+](=O)[O-])cc4)N(CCc4c[nH]c5ccccc45)C3=O)cc2Br)cc1.